The first-order valence-electron chi connectivity index (χ1n) is 7.87. The van der Waals surface area contributed by atoms with Crippen LogP contribution in [0.2, 0.25) is 0 Å². The summed E-state index contributed by atoms with van der Waals surface area (Å²) in [5, 5.41) is 7.27. The van der Waals surface area contributed by atoms with Crippen molar-refractivity contribution in [2.45, 2.75) is 20.8 Å². The van der Waals surface area contributed by atoms with Crippen molar-refractivity contribution in [1.82, 2.24) is 14.7 Å². The van der Waals surface area contributed by atoms with E-state index < -0.39 is 0 Å². The molecule has 0 saturated heterocycles. The normalized spacial score (nSPS) is 11.2. The molecule has 0 fully saturated rings. The Hall–Kier alpha value is -2.18. The van der Waals surface area contributed by atoms with Crippen molar-refractivity contribution in [2.75, 3.05) is 0 Å². The highest BCUT2D eigenvalue weighted by Crippen LogP contribution is 2.33. The Morgan fingerprint density at radius 2 is 1.84 bits per heavy atom. The van der Waals surface area contributed by atoms with Crippen LogP contribution in [0.5, 0.6) is 0 Å². The van der Waals surface area contributed by atoms with E-state index in [-0.39, 0.29) is 0 Å². The monoisotopic (exact) mass is 413 g/mol. The molecule has 126 valence electrons. The van der Waals surface area contributed by atoms with Crippen LogP contribution in [0, 0.1) is 20.8 Å². The highest BCUT2D eigenvalue weighted by atomic mass is 79.9. The highest BCUT2D eigenvalue weighted by Gasteiger charge is 2.17. The van der Waals surface area contributed by atoms with E-state index in [4.69, 9.17) is 9.51 Å². The van der Waals surface area contributed by atoms with Crippen LogP contribution in [-0.2, 0) is 0 Å². The van der Waals surface area contributed by atoms with Crippen molar-refractivity contribution in [3.05, 3.63) is 63.4 Å². The lowest BCUT2D eigenvalue weighted by Gasteiger charge is -2.04. The van der Waals surface area contributed by atoms with Crippen LogP contribution in [0.25, 0.3) is 27.6 Å². The first-order chi connectivity index (χ1) is 12.0. The van der Waals surface area contributed by atoms with Crippen LogP contribution in [0.3, 0.4) is 0 Å². The van der Waals surface area contributed by atoms with Gasteiger partial charge in [-0.05, 0) is 39.0 Å². The van der Waals surface area contributed by atoms with E-state index in [0.29, 0.717) is 0 Å². The summed E-state index contributed by atoms with van der Waals surface area (Å²) in [7, 11) is 0. The summed E-state index contributed by atoms with van der Waals surface area (Å²) in [4.78, 5) is 4.84. The number of halogens is 1. The molecule has 0 atom stereocenters. The van der Waals surface area contributed by atoms with Crippen LogP contribution >= 0.6 is 27.3 Å². The second-order valence-corrected chi connectivity index (χ2v) is 7.73. The number of aryl methyl sites for hydroxylation is 2. The molecule has 0 radical (unpaired) electrons. The molecule has 3 aromatic heterocycles. The van der Waals surface area contributed by atoms with Gasteiger partial charge in [-0.25, -0.2) is 4.98 Å². The van der Waals surface area contributed by atoms with E-state index >= 15 is 0 Å². The summed E-state index contributed by atoms with van der Waals surface area (Å²) in [6, 6.07) is 12.3. The van der Waals surface area contributed by atoms with Crippen LogP contribution in [0.1, 0.15) is 17.1 Å². The summed E-state index contributed by atoms with van der Waals surface area (Å²) >= 11 is 5.13. The number of thiazole rings is 1. The zero-order valence-electron chi connectivity index (χ0n) is 14.1. The van der Waals surface area contributed by atoms with Crippen molar-refractivity contribution in [1.29, 1.82) is 0 Å². The number of hydrogen-bond donors (Lipinski definition) is 0. The van der Waals surface area contributed by atoms with Gasteiger partial charge in [0.25, 0.3) is 0 Å². The maximum absolute atomic E-state index is 5.23. The zero-order chi connectivity index (χ0) is 17.6. The Morgan fingerprint density at radius 1 is 1.08 bits per heavy atom. The number of hydrogen-bond acceptors (Lipinski definition) is 4. The summed E-state index contributed by atoms with van der Waals surface area (Å²) in [5.74, 6) is 1.61. The fraction of sp³-hybridized carbons (Fsp3) is 0.158. The van der Waals surface area contributed by atoms with E-state index in [1.807, 2.05) is 25.1 Å². The molecule has 4 nitrogen and oxygen atoms in total. The minimum absolute atomic E-state index is 0.801. The van der Waals surface area contributed by atoms with Gasteiger partial charge in [0.15, 0.2) is 5.82 Å². The van der Waals surface area contributed by atoms with Gasteiger partial charge < -0.3 is 4.52 Å². The Bertz CT molecular complexity index is 1040. The minimum atomic E-state index is 0.801. The lowest BCUT2D eigenvalue weighted by Crippen LogP contribution is -1.99. The van der Waals surface area contributed by atoms with E-state index in [1.165, 1.54) is 0 Å². The topological polar surface area (TPSA) is 43.9 Å². The highest BCUT2D eigenvalue weighted by molar-refractivity contribution is 9.10. The molecule has 4 rings (SSSR count). The molecule has 0 aliphatic rings. The first-order valence-corrected chi connectivity index (χ1v) is 9.54. The van der Waals surface area contributed by atoms with Crippen LogP contribution < -0.4 is 0 Å². The van der Waals surface area contributed by atoms with Crippen molar-refractivity contribution in [3.8, 4) is 27.6 Å². The van der Waals surface area contributed by atoms with E-state index in [0.717, 1.165) is 49.3 Å². The molecule has 0 amide bonds. The van der Waals surface area contributed by atoms with Crippen LogP contribution in [0.15, 0.2) is 50.8 Å². The van der Waals surface area contributed by atoms with E-state index in [1.54, 1.807) is 11.3 Å². The number of rotatable bonds is 3. The van der Waals surface area contributed by atoms with Crippen molar-refractivity contribution < 1.29 is 4.52 Å². The smallest absolute Gasteiger partial charge is 0.180 e. The second-order valence-electron chi connectivity index (χ2n) is 5.96. The predicted molar refractivity (Wildman–Crippen MR) is 104 cm³/mol. The third-order valence-electron chi connectivity index (χ3n) is 4.15. The quantitative estimate of drug-likeness (QED) is 0.417. The van der Waals surface area contributed by atoms with Gasteiger partial charge >= 0.3 is 0 Å². The lowest BCUT2D eigenvalue weighted by molar-refractivity contribution is 0.394. The minimum Gasteiger partial charge on any atom is -0.360 e. The molecule has 25 heavy (non-hydrogen) atoms. The standard InChI is InChI=1S/C19H16BrN3OS/c1-11-8-16(13(3)23(11)18-9-12(2)24-22-18)17-10-25-19(21-17)14-4-6-15(20)7-5-14/h4-10H,1-3H3. The van der Waals surface area contributed by atoms with Crippen molar-refractivity contribution >= 4 is 27.3 Å². The Kier molecular flexibility index (Phi) is 4.09. The van der Waals surface area contributed by atoms with Gasteiger partial charge in [0, 0.05) is 38.4 Å². The van der Waals surface area contributed by atoms with Crippen molar-refractivity contribution in [3.63, 3.8) is 0 Å². The molecule has 6 heteroatoms. The maximum Gasteiger partial charge on any atom is 0.180 e. The van der Waals surface area contributed by atoms with Crippen molar-refractivity contribution in [2.24, 2.45) is 0 Å². The zero-order valence-corrected chi connectivity index (χ0v) is 16.5. The molecule has 0 N–H and O–H groups in total. The molecule has 0 aliphatic carbocycles. The van der Waals surface area contributed by atoms with Gasteiger partial charge in [0.2, 0.25) is 0 Å². The molecular formula is C19H16BrN3OS. The molecular weight excluding hydrogens is 398 g/mol. The van der Waals surface area contributed by atoms with Crippen LogP contribution in [0.4, 0.5) is 0 Å². The third-order valence-corrected chi connectivity index (χ3v) is 5.57. The lowest BCUT2D eigenvalue weighted by atomic mass is 10.2. The molecule has 0 spiro atoms. The second kappa shape index (κ2) is 6.28. The van der Waals surface area contributed by atoms with Gasteiger partial charge in [-0.3, -0.25) is 4.57 Å². The third kappa shape index (κ3) is 2.96. The first kappa shape index (κ1) is 16.3. The van der Waals surface area contributed by atoms with Gasteiger partial charge in [-0.15, -0.1) is 11.3 Å². The molecule has 4 aromatic rings. The molecule has 0 bridgehead atoms. The van der Waals surface area contributed by atoms with E-state index in [2.05, 4.69) is 63.1 Å². The summed E-state index contributed by atoms with van der Waals surface area (Å²) in [5.41, 5.74) is 5.46. The summed E-state index contributed by atoms with van der Waals surface area (Å²) in [6.07, 6.45) is 0. The maximum atomic E-state index is 5.23. The average Bonchev–Trinajstić information content (AvgIpc) is 3.28. The molecule has 1 aromatic carbocycles. The fourth-order valence-electron chi connectivity index (χ4n) is 2.96. The fourth-order valence-corrected chi connectivity index (χ4v) is 4.05. The average molecular weight is 414 g/mol. The van der Waals surface area contributed by atoms with Gasteiger partial charge in [0.1, 0.15) is 10.8 Å². The molecule has 0 saturated carbocycles. The Balaban J connectivity index is 1.75. The number of benzene rings is 1. The van der Waals surface area contributed by atoms with Gasteiger partial charge in [-0.1, -0.05) is 33.2 Å². The Morgan fingerprint density at radius 3 is 2.52 bits per heavy atom. The number of aromatic nitrogens is 3. The molecule has 0 unspecified atom stereocenters. The predicted octanol–water partition coefficient (Wildman–Crippen LogP) is 5.94. The SMILES string of the molecule is Cc1cc(-n2c(C)cc(-c3csc(-c4ccc(Br)cc4)n3)c2C)no1. The number of nitrogens with zero attached hydrogens (tertiary/aromatic N) is 3. The molecule has 3 heterocycles. The Labute approximate surface area is 158 Å². The molecule has 0 aliphatic heterocycles. The van der Waals surface area contributed by atoms with Gasteiger partial charge in [0.05, 0.1) is 5.69 Å². The van der Waals surface area contributed by atoms with Crippen LogP contribution in [-0.4, -0.2) is 14.7 Å². The summed E-state index contributed by atoms with van der Waals surface area (Å²) < 4.78 is 8.40. The van der Waals surface area contributed by atoms with E-state index in [9.17, 15) is 0 Å². The summed E-state index contributed by atoms with van der Waals surface area (Å²) in [6.45, 7) is 6.06. The van der Waals surface area contributed by atoms with Gasteiger partial charge in [-0.2, -0.15) is 0 Å². The largest absolute Gasteiger partial charge is 0.360 e.